The number of aryl methyl sites for hydroxylation is 1. The summed E-state index contributed by atoms with van der Waals surface area (Å²) in [4.78, 5) is 22.4. The Bertz CT molecular complexity index is 864. The Balaban J connectivity index is 1.64. The Kier molecular flexibility index (Phi) is 4.02. The molecule has 1 aliphatic carbocycles. The number of benzene rings is 1. The molecule has 0 spiro atoms. The van der Waals surface area contributed by atoms with Crippen molar-refractivity contribution in [1.82, 2.24) is 9.97 Å². The van der Waals surface area contributed by atoms with Gasteiger partial charge < -0.3 is 5.32 Å². The fourth-order valence-corrected chi connectivity index (χ4v) is 4.11. The van der Waals surface area contributed by atoms with Gasteiger partial charge in [0.15, 0.2) is 0 Å². The van der Waals surface area contributed by atoms with Crippen LogP contribution in [0.25, 0.3) is 20.9 Å². The Morgan fingerprint density at radius 2 is 2.08 bits per heavy atom. The number of amides is 1. The molecular weight excluding hydrogens is 318 g/mol. The lowest BCUT2D eigenvalue weighted by Crippen LogP contribution is -2.20. The van der Waals surface area contributed by atoms with Crippen molar-refractivity contribution in [3.8, 4) is 10.6 Å². The van der Waals surface area contributed by atoms with Crippen molar-refractivity contribution in [3.05, 3.63) is 42.1 Å². The number of rotatable bonds is 3. The molecule has 2 aromatic heterocycles. The summed E-state index contributed by atoms with van der Waals surface area (Å²) in [5.74, 6) is 0.318. The number of nitrogens with one attached hydrogen (secondary N) is 1. The number of hydrogen-bond acceptors (Lipinski definition) is 4. The number of aromatic nitrogens is 2. The number of nitrogens with zero attached hydrogens (tertiary/aromatic N) is 2. The molecule has 1 aromatic carbocycles. The SMILES string of the molecule is Cc1ccc(-c2nc3cccnc3s2)cc1NC(=O)C1CCCC1. The number of pyridine rings is 1. The second-order valence-corrected chi connectivity index (χ2v) is 7.32. The molecule has 1 saturated carbocycles. The van der Waals surface area contributed by atoms with Crippen molar-refractivity contribution in [1.29, 1.82) is 0 Å². The average molecular weight is 337 g/mol. The largest absolute Gasteiger partial charge is 0.326 e. The molecule has 1 amide bonds. The Labute approximate surface area is 145 Å². The standard InChI is InChI=1S/C19H19N3OS/c1-12-8-9-14(18-22-15-7-4-10-20-19(15)24-18)11-16(12)21-17(23)13-5-2-3-6-13/h4,7-11,13H,2-3,5-6H2,1H3,(H,21,23). The molecule has 1 aliphatic rings. The maximum Gasteiger partial charge on any atom is 0.227 e. The minimum Gasteiger partial charge on any atom is -0.326 e. The van der Waals surface area contributed by atoms with E-state index >= 15 is 0 Å². The molecule has 5 heteroatoms. The van der Waals surface area contributed by atoms with Gasteiger partial charge in [-0.3, -0.25) is 4.79 Å². The van der Waals surface area contributed by atoms with E-state index < -0.39 is 0 Å². The second kappa shape index (κ2) is 6.32. The first-order valence-corrected chi connectivity index (χ1v) is 9.16. The summed E-state index contributed by atoms with van der Waals surface area (Å²) in [5.41, 5.74) is 3.89. The van der Waals surface area contributed by atoms with Crippen LogP contribution in [0.2, 0.25) is 0 Å². The number of carbonyl (C=O) groups excluding carboxylic acids is 1. The third kappa shape index (κ3) is 2.91. The summed E-state index contributed by atoms with van der Waals surface area (Å²) < 4.78 is 0. The van der Waals surface area contributed by atoms with Gasteiger partial charge in [-0.1, -0.05) is 36.3 Å². The van der Waals surface area contributed by atoms with Crippen molar-refractivity contribution in [3.63, 3.8) is 0 Å². The first-order chi connectivity index (χ1) is 11.7. The van der Waals surface area contributed by atoms with Crippen LogP contribution in [0.3, 0.4) is 0 Å². The van der Waals surface area contributed by atoms with Gasteiger partial charge in [-0.15, -0.1) is 0 Å². The van der Waals surface area contributed by atoms with E-state index in [9.17, 15) is 4.79 Å². The lowest BCUT2D eigenvalue weighted by atomic mass is 10.1. The average Bonchev–Trinajstić information content (AvgIpc) is 3.26. The monoisotopic (exact) mass is 337 g/mol. The molecule has 3 aromatic rings. The molecule has 2 heterocycles. The van der Waals surface area contributed by atoms with Crippen molar-refractivity contribution < 1.29 is 4.79 Å². The zero-order chi connectivity index (χ0) is 16.5. The quantitative estimate of drug-likeness (QED) is 0.747. The van der Waals surface area contributed by atoms with Gasteiger partial charge in [-0.2, -0.15) is 0 Å². The molecule has 1 N–H and O–H groups in total. The van der Waals surface area contributed by atoms with Gasteiger partial charge in [0, 0.05) is 23.4 Å². The van der Waals surface area contributed by atoms with E-state index in [0.717, 1.165) is 57.9 Å². The highest BCUT2D eigenvalue weighted by Crippen LogP contribution is 2.32. The van der Waals surface area contributed by atoms with Crippen molar-refractivity contribution >= 4 is 33.3 Å². The lowest BCUT2D eigenvalue weighted by molar-refractivity contribution is -0.119. The molecular formula is C19H19N3OS. The van der Waals surface area contributed by atoms with Gasteiger partial charge in [0.25, 0.3) is 0 Å². The highest BCUT2D eigenvalue weighted by atomic mass is 32.1. The zero-order valence-corrected chi connectivity index (χ0v) is 14.4. The Morgan fingerprint density at radius 3 is 2.88 bits per heavy atom. The summed E-state index contributed by atoms with van der Waals surface area (Å²) in [7, 11) is 0. The van der Waals surface area contributed by atoms with E-state index in [1.165, 1.54) is 0 Å². The molecule has 0 unspecified atom stereocenters. The Hall–Kier alpha value is -2.27. The van der Waals surface area contributed by atoms with Crippen LogP contribution in [0.15, 0.2) is 36.5 Å². The molecule has 0 saturated heterocycles. The normalized spacial score (nSPS) is 15.0. The van der Waals surface area contributed by atoms with Crippen LogP contribution in [0.4, 0.5) is 5.69 Å². The van der Waals surface area contributed by atoms with Crippen LogP contribution < -0.4 is 5.32 Å². The van der Waals surface area contributed by atoms with Gasteiger partial charge in [0.05, 0.1) is 0 Å². The topological polar surface area (TPSA) is 54.9 Å². The minimum absolute atomic E-state index is 0.152. The first kappa shape index (κ1) is 15.3. The molecule has 0 bridgehead atoms. The van der Waals surface area contributed by atoms with Gasteiger partial charge >= 0.3 is 0 Å². The zero-order valence-electron chi connectivity index (χ0n) is 13.6. The predicted octanol–water partition coefficient (Wildman–Crippen LogP) is 4.80. The van der Waals surface area contributed by atoms with Crippen LogP contribution in [-0.4, -0.2) is 15.9 Å². The van der Waals surface area contributed by atoms with Crippen LogP contribution in [-0.2, 0) is 4.79 Å². The third-order valence-corrected chi connectivity index (χ3v) is 5.66. The van der Waals surface area contributed by atoms with Crippen LogP contribution in [0.1, 0.15) is 31.2 Å². The molecule has 0 atom stereocenters. The molecule has 4 nitrogen and oxygen atoms in total. The minimum atomic E-state index is 0.152. The number of hydrogen-bond donors (Lipinski definition) is 1. The highest BCUT2D eigenvalue weighted by molar-refractivity contribution is 7.21. The third-order valence-electron chi connectivity index (χ3n) is 4.63. The fourth-order valence-electron chi connectivity index (χ4n) is 3.21. The molecule has 24 heavy (non-hydrogen) atoms. The van der Waals surface area contributed by atoms with Crippen LogP contribution in [0, 0.1) is 12.8 Å². The van der Waals surface area contributed by atoms with E-state index in [-0.39, 0.29) is 11.8 Å². The number of carbonyl (C=O) groups is 1. The summed E-state index contributed by atoms with van der Waals surface area (Å²) in [6, 6.07) is 9.99. The van der Waals surface area contributed by atoms with Crippen LogP contribution in [0.5, 0.6) is 0 Å². The van der Waals surface area contributed by atoms with E-state index in [2.05, 4.69) is 21.4 Å². The molecule has 122 valence electrons. The first-order valence-electron chi connectivity index (χ1n) is 8.34. The number of anilines is 1. The maximum absolute atomic E-state index is 12.4. The summed E-state index contributed by atoms with van der Waals surface area (Å²) in [6.45, 7) is 2.02. The van der Waals surface area contributed by atoms with Gasteiger partial charge in [-0.05, 0) is 43.5 Å². The van der Waals surface area contributed by atoms with Crippen molar-refractivity contribution in [2.24, 2.45) is 5.92 Å². The number of thiazole rings is 1. The Morgan fingerprint density at radius 1 is 1.25 bits per heavy atom. The maximum atomic E-state index is 12.4. The van der Waals surface area contributed by atoms with E-state index in [1.807, 2.05) is 31.2 Å². The van der Waals surface area contributed by atoms with E-state index in [4.69, 9.17) is 0 Å². The van der Waals surface area contributed by atoms with Crippen molar-refractivity contribution in [2.45, 2.75) is 32.6 Å². The summed E-state index contributed by atoms with van der Waals surface area (Å²) in [5, 5.41) is 4.05. The fraction of sp³-hybridized carbons (Fsp3) is 0.316. The summed E-state index contributed by atoms with van der Waals surface area (Å²) >= 11 is 1.57. The second-order valence-electron chi connectivity index (χ2n) is 6.35. The summed E-state index contributed by atoms with van der Waals surface area (Å²) in [6.07, 6.45) is 6.13. The lowest BCUT2D eigenvalue weighted by Gasteiger charge is -2.13. The van der Waals surface area contributed by atoms with Gasteiger partial charge in [0.1, 0.15) is 15.4 Å². The number of fused-ring (bicyclic) bond motifs is 1. The predicted molar refractivity (Wildman–Crippen MR) is 98.2 cm³/mol. The van der Waals surface area contributed by atoms with E-state index in [0.29, 0.717) is 0 Å². The molecule has 4 rings (SSSR count). The van der Waals surface area contributed by atoms with Gasteiger partial charge in [-0.25, -0.2) is 9.97 Å². The van der Waals surface area contributed by atoms with E-state index in [1.54, 1.807) is 17.5 Å². The smallest absolute Gasteiger partial charge is 0.227 e. The molecule has 0 aliphatic heterocycles. The highest BCUT2D eigenvalue weighted by Gasteiger charge is 2.23. The van der Waals surface area contributed by atoms with Gasteiger partial charge in [0.2, 0.25) is 5.91 Å². The van der Waals surface area contributed by atoms with Crippen LogP contribution >= 0.6 is 11.3 Å². The molecule has 0 radical (unpaired) electrons. The molecule has 1 fully saturated rings. The van der Waals surface area contributed by atoms with Crippen molar-refractivity contribution in [2.75, 3.05) is 5.32 Å².